The van der Waals surface area contributed by atoms with Crippen molar-refractivity contribution < 1.29 is 37.0 Å². The molecule has 2 saturated heterocycles. The van der Waals surface area contributed by atoms with Crippen molar-refractivity contribution in [2.45, 2.75) is 57.7 Å². The van der Waals surface area contributed by atoms with Crippen LogP contribution in [0.1, 0.15) is 43.5 Å². The molecule has 2 aliphatic heterocycles. The number of amides is 2. The maximum Gasteiger partial charge on any atom is 0.573 e. The summed E-state index contributed by atoms with van der Waals surface area (Å²) >= 11 is 0. The molecule has 0 aromatic heterocycles. The molecule has 7 nitrogen and oxygen atoms in total. The molecule has 1 aromatic rings. The molecule has 2 heterocycles. The van der Waals surface area contributed by atoms with Gasteiger partial charge in [-0.1, -0.05) is 13.8 Å². The molecule has 0 spiro atoms. The molecular formula is C21H29F3N2O5S2. The van der Waals surface area contributed by atoms with Gasteiger partial charge in [0.25, 0.3) is 5.91 Å². The van der Waals surface area contributed by atoms with Crippen LogP contribution in [0.25, 0.3) is 0 Å². The third-order valence-corrected chi connectivity index (χ3v) is 5.29. The fraction of sp³-hybridized carbons (Fsp3) is 0.571. The van der Waals surface area contributed by atoms with Gasteiger partial charge >= 0.3 is 6.36 Å². The zero-order valence-corrected chi connectivity index (χ0v) is 20.3. The first-order chi connectivity index (χ1) is 14.5. The van der Waals surface area contributed by atoms with Crippen LogP contribution in [0, 0.1) is 5.92 Å². The van der Waals surface area contributed by atoms with Gasteiger partial charge in [0.05, 0.1) is 6.10 Å². The first-order valence-corrected chi connectivity index (χ1v) is 10.2. The van der Waals surface area contributed by atoms with Gasteiger partial charge in [0.15, 0.2) is 5.78 Å². The van der Waals surface area contributed by atoms with E-state index in [0.29, 0.717) is 25.8 Å². The summed E-state index contributed by atoms with van der Waals surface area (Å²) in [5.41, 5.74) is 0.0906. The fourth-order valence-electron chi connectivity index (χ4n) is 3.98. The Morgan fingerprint density at radius 1 is 1.21 bits per heavy atom. The lowest BCUT2D eigenvalue weighted by atomic mass is 9.95. The molecule has 186 valence electrons. The van der Waals surface area contributed by atoms with Crippen molar-refractivity contribution in [3.05, 3.63) is 29.8 Å². The van der Waals surface area contributed by atoms with Gasteiger partial charge in [0.2, 0.25) is 5.91 Å². The molecule has 3 rings (SSSR count). The van der Waals surface area contributed by atoms with Gasteiger partial charge in [-0.2, -0.15) is 27.0 Å². The molecule has 0 bridgehead atoms. The number of benzene rings is 1. The number of alkyl halides is 3. The number of ether oxygens (including phenoxy) is 2. The van der Waals surface area contributed by atoms with Crippen molar-refractivity contribution in [2.24, 2.45) is 5.92 Å². The largest absolute Gasteiger partial charge is 0.573 e. The van der Waals surface area contributed by atoms with Gasteiger partial charge in [-0.3, -0.25) is 14.4 Å². The van der Waals surface area contributed by atoms with Crippen LogP contribution in [-0.2, 0) is 14.3 Å². The summed E-state index contributed by atoms with van der Waals surface area (Å²) in [7, 11) is 0. The first kappa shape index (κ1) is 29.1. The highest BCUT2D eigenvalue weighted by molar-refractivity contribution is 7.59. The molecule has 1 aromatic carbocycles. The van der Waals surface area contributed by atoms with E-state index in [0.717, 1.165) is 12.1 Å². The van der Waals surface area contributed by atoms with Gasteiger partial charge in [-0.15, -0.1) is 13.2 Å². The van der Waals surface area contributed by atoms with Gasteiger partial charge in [-0.25, -0.2) is 0 Å². The number of nitrogens with one attached hydrogen (secondary N) is 1. The Balaban J connectivity index is 0.00000272. The number of ketones is 1. The van der Waals surface area contributed by atoms with E-state index < -0.39 is 30.1 Å². The second kappa shape index (κ2) is 12.0. The predicted octanol–water partition coefficient (Wildman–Crippen LogP) is 2.91. The minimum Gasteiger partial charge on any atom is -0.406 e. The average molecular weight is 511 g/mol. The van der Waals surface area contributed by atoms with Crippen molar-refractivity contribution in [1.29, 1.82) is 0 Å². The topological polar surface area (TPSA) is 84.9 Å². The van der Waals surface area contributed by atoms with Gasteiger partial charge in [-0.05, 0) is 49.4 Å². The van der Waals surface area contributed by atoms with Crippen LogP contribution >= 0.6 is 27.0 Å². The molecule has 2 amide bonds. The summed E-state index contributed by atoms with van der Waals surface area (Å²) < 4.78 is 46.2. The number of piperidine rings is 1. The molecule has 0 unspecified atom stereocenters. The Bertz CT molecular complexity index is 836. The van der Waals surface area contributed by atoms with Crippen LogP contribution in [0.15, 0.2) is 24.3 Å². The minimum atomic E-state index is -4.83. The van der Waals surface area contributed by atoms with Crippen LogP contribution in [0.5, 0.6) is 5.75 Å². The number of Topliss-reactive ketones (excluding diaryl/α,β-unsaturated/α-hetero) is 1. The molecule has 3 atom stereocenters. The van der Waals surface area contributed by atoms with E-state index in [-0.39, 0.29) is 62.9 Å². The summed E-state index contributed by atoms with van der Waals surface area (Å²) in [4.78, 5) is 39.7. The summed E-state index contributed by atoms with van der Waals surface area (Å²) in [6.45, 7) is 4.19. The van der Waals surface area contributed by atoms with E-state index in [4.69, 9.17) is 4.74 Å². The zero-order valence-electron chi connectivity index (χ0n) is 18.3. The van der Waals surface area contributed by atoms with Crippen molar-refractivity contribution in [3.63, 3.8) is 0 Å². The Hall–Kier alpha value is -1.92. The monoisotopic (exact) mass is 510 g/mol. The molecule has 0 radical (unpaired) electrons. The first-order valence-electron chi connectivity index (χ1n) is 10.2. The Labute approximate surface area is 204 Å². The maximum absolute atomic E-state index is 13.3. The van der Waals surface area contributed by atoms with Gasteiger partial charge in [0, 0.05) is 12.1 Å². The van der Waals surface area contributed by atoms with E-state index in [1.54, 1.807) is 0 Å². The number of rotatable bonds is 6. The summed E-state index contributed by atoms with van der Waals surface area (Å²) in [6.07, 6.45) is -3.40. The van der Waals surface area contributed by atoms with E-state index in [9.17, 15) is 27.6 Å². The Kier molecular flexibility index (Phi) is 10.6. The van der Waals surface area contributed by atoms with Crippen LogP contribution < -0.4 is 10.1 Å². The number of nitrogens with zero attached hydrogens (tertiary/aromatic N) is 1. The lowest BCUT2D eigenvalue weighted by Gasteiger charge is -2.37. The minimum absolute atomic E-state index is 0. The van der Waals surface area contributed by atoms with Crippen LogP contribution in [0.4, 0.5) is 13.2 Å². The summed E-state index contributed by atoms with van der Waals surface area (Å²) in [5.74, 6) is -1.47. The van der Waals surface area contributed by atoms with E-state index in [1.165, 1.54) is 17.0 Å². The molecular weight excluding hydrogens is 481 g/mol. The average Bonchev–Trinajstić information content (AvgIpc) is 3.07. The molecule has 1 N–H and O–H groups in total. The lowest BCUT2D eigenvalue weighted by Crippen LogP contribution is -2.58. The predicted molar refractivity (Wildman–Crippen MR) is 124 cm³/mol. The van der Waals surface area contributed by atoms with Crippen molar-refractivity contribution in [1.82, 2.24) is 10.2 Å². The number of hydrogen-bond acceptors (Lipinski definition) is 5. The fourth-order valence-corrected chi connectivity index (χ4v) is 3.98. The van der Waals surface area contributed by atoms with Gasteiger partial charge < -0.3 is 19.7 Å². The molecule has 2 aliphatic rings. The normalized spacial score (nSPS) is 20.9. The van der Waals surface area contributed by atoms with Gasteiger partial charge in [0.1, 0.15) is 24.4 Å². The lowest BCUT2D eigenvalue weighted by molar-refractivity contribution is -0.274. The second-order valence-corrected chi connectivity index (χ2v) is 8.16. The quantitative estimate of drug-likeness (QED) is 0.636. The van der Waals surface area contributed by atoms with E-state index >= 15 is 0 Å². The third kappa shape index (κ3) is 7.54. The highest BCUT2D eigenvalue weighted by Crippen LogP contribution is 2.28. The molecule has 0 aliphatic carbocycles. The molecule has 0 saturated carbocycles. The van der Waals surface area contributed by atoms with Crippen molar-refractivity contribution >= 4 is 44.6 Å². The summed E-state index contributed by atoms with van der Waals surface area (Å²) in [6, 6.07) is 2.95. The third-order valence-electron chi connectivity index (χ3n) is 5.29. The smallest absolute Gasteiger partial charge is 0.406 e. The van der Waals surface area contributed by atoms with Crippen molar-refractivity contribution in [3.8, 4) is 5.75 Å². The number of likely N-dealkylation sites (tertiary alicyclic amines) is 1. The number of halogens is 3. The summed E-state index contributed by atoms with van der Waals surface area (Å²) in [5, 5.41) is 2.68. The van der Waals surface area contributed by atoms with Crippen LogP contribution in [-0.4, -0.2) is 60.2 Å². The molecule has 2 fully saturated rings. The number of carbonyl (C=O) groups is 3. The Morgan fingerprint density at radius 2 is 1.85 bits per heavy atom. The number of fused-ring (bicyclic) bond motifs is 1. The van der Waals surface area contributed by atoms with Crippen LogP contribution in [0.3, 0.4) is 0 Å². The van der Waals surface area contributed by atoms with Crippen molar-refractivity contribution in [2.75, 3.05) is 13.2 Å². The highest BCUT2D eigenvalue weighted by atomic mass is 32.1. The maximum atomic E-state index is 13.3. The molecule has 12 heteroatoms. The molecule has 33 heavy (non-hydrogen) atoms. The van der Waals surface area contributed by atoms with Crippen LogP contribution in [0.2, 0.25) is 0 Å². The number of carbonyl (C=O) groups excluding carboxylic acids is 3. The number of hydrogen-bond donors (Lipinski definition) is 1. The Morgan fingerprint density at radius 3 is 2.42 bits per heavy atom. The van der Waals surface area contributed by atoms with E-state index in [2.05, 4.69) is 10.1 Å². The second-order valence-electron chi connectivity index (χ2n) is 8.16. The zero-order chi connectivity index (χ0) is 22.8. The standard InChI is InChI=1S/C21H25F3N2O5.2H2S/c1-12(2)10-15(20(29)26-9-3-4-17-18(26)16(27)11-30-17)25-19(28)13-5-7-14(8-6-13)31-21(22,23)24;;/h5-8,12,15,17-18H,3-4,9-11H2,1-2H3,(H,25,28);2*1H2/t15-,17+,18+;;/m0../s1. The highest BCUT2D eigenvalue weighted by Gasteiger charge is 2.45. The SMILES string of the molecule is CC(C)C[C@H](NC(=O)c1ccc(OC(F)(F)F)cc1)C(=O)N1CCC[C@H]2OCC(=O)[C@H]21.S.S. The van der Waals surface area contributed by atoms with E-state index in [1.807, 2.05) is 13.8 Å².